The fourth-order valence-corrected chi connectivity index (χ4v) is 11.5. The highest BCUT2D eigenvalue weighted by Crippen LogP contribution is 2.56. The van der Waals surface area contributed by atoms with Gasteiger partial charge in [0.2, 0.25) is 42.4 Å². The number of carbonyl (C=O) groups is 8. The molecule has 116 heavy (non-hydrogen) atoms. The van der Waals surface area contributed by atoms with E-state index in [-0.39, 0.29) is 138 Å². The number of hydrogen-bond donors (Lipinski definition) is 0. The standard InChI is InChI=1S/C43H38F6O10.C40H38O12S.4CH4/c1-25(2)39(52)56-23-54-35-13-7-29(27(5)19-35)21-37(50)58-33-15-9-31(10-16-33)41(42(44,45)46,43(47,48)49)32-11-17-34(18-12-32)59-38(51)22-30-8-14-36(20-28(30)6)55-24-57-40(53)26(3)4;1-25(2)39(43)49-23-47-33-9-7-29(27(5)19-33)21-37(41)51-31-11-15-35(16-12-31)53(45,46)36-17-13-32(14-18-36)52-38(42)22-30-8-10-34(20-28(30)6)48-24-50-40(44)26(3)4;;;;/h7-20H,1,3,21-24H2,2,4-6H3;7-20H,1,3,21-24H2,2,4-6H3;4*1H4. The molecule has 0 bridgehead atoms. The summed E-state index contributed by atoms with van der Waals surface area (Å²) in [5.74, 6) is -4.00. The lowest BCUT2D eigenvalue weighted by atomic mass is 9.73. The molecule has 0 amide bonds. The molecule has 0 radical (unpaired) electrons. The fourth-order valence-electron chi connectivity index (χ4n) is 10.3. The average Bonchev–Trinajstić information content (AvgIpc) is 0.716. The highest BCUT2D eigenvalue weighted by molar-refractivity contribution is 7.91. The summed E-state index contributed by atoms with van der Waals surface area (Å²) in [5.41, 5.74) is -1.07. The zero-order valence-electron chi connectivity index (χ0n) is 61.8. The maximum absolute atomic E-state index is 14.8. The number of esters is 8. The third kappa shape index (κ3) is 27.2. The Morgan fingerprint density at radius 1 is 0.310 bits per heavy atom. The summed E-state index contributed by atoms with van der Waals surface area (Å²) in [6, 6.07) is 35.7. The summed E-state index contributed by atoms with van der Waals surface area (Å²) >= 11 is 0. The van der Waals surface area contributed by atoms with Crippen LogP contribution >= 0.6 is 0 Å². The number of rotatable bonds is 32. The van der Waals surface area contributed by atoms with Gasteiger partial charge in [-0.25, -0.2) is 27.6 Å². The smallest absolute Gasteiger partial charge is 0.411 e. The van der Waals surface area contributed by atoms with E-state index in [9.17, 15) is 73.1 Å². The Kier molecular flexibility index (Phi) is 36.5. The van der Waals surface area contributed by atoms with Gasteiger partial charge in [-0.2, -0.15) is 26.3 Å². The first-order valence-electron chi connectivity index (χ1n) is 33.6. The third-order valence-electron chi connectivity index (χ3n) is 16.3. The van der Waals surface area contributed by atoms with Crippen molar-refractivity contribution in [1.29, 1.82) is 0 Å². The largest absolute Gasteiger partial charge is 0.457 e. The van der Waals surface area contributed by atoms with Crippen LogP contribution in [0.15, 0.2) is 228 Å². The van der Waals surface area contributed by atoms with E-state index in [4.69, 9.17) is 56.8 Å². The summed E-state index contributed by atoms with van der Waals surface area (Å²) in [6.45, 7) is 25.5. The van der Waals surface area contributed by atoms with Gasteiger partial charge in [-0.15, -0.1) is 0 Å². The Morgan fingerprint density at radius 3 is 0.681 bits per heavy atom. The van der Waals surface area contributed by atoms with Crippen LogP contribution in [0.4, 0.5) is 26.3 Å². The molecule has 0 spiro atoms. The zero-order valence-corrected chi connectivity index (χ0v) is 62.6. The van der Waals surface area contributed by atoms with Gasteiger partial charge in [-0.1, -0.05) is 105 Å². The maximum atomic E-state index is 14.8. The summed E-state index contributed by atoms with van der Waals surface area (Å²) < 4.78 is 178. The summed E-state index contributed by atoms with van der Waals surface area (Å²) in [4.78, 5) is 96.7. The molecule has 22 nitrogen and oxygen atoms in total. The van der Waals surface area contributed by atoms with Gasteiger partial charge < -0.3 is 56.8 Å². The lowest BCUT2D eigenvalue weighted by Crippen LogP contribution is -2.54. The molecule has 0 saturated heterocycles. The average molecular weight is 1640 g/mol. The number of hydrogen-bond acceptors (Lipinski definition) is 22. The Bertz CT molecular complexity index is 4670. The number of sulfone groups is 1. The molecule has 29 heteroatoms. The summed E-state index contributed by atoms with van der Waals surface area (Å²) in [5, 5.41) is 0. The molecule has 0 heterocycles. The minimum absolute atomic E-state index is 0. The molecule has 0 aliphatic rings. The molecule has 0 aliphatic carbocycles. The van der Waals surface area contributed by atoms with Crippen LogP contribution in [0.5, 0.6) is 46.0 Å². The highest BCUT2D eigenvalue weighted by atomic mass is 32.2. The molecule has 0 fully saturated rings. The van der Waals surface area contributed by atoms with Crippen LogP contribution in [-0.4, -0.2) is 95.7 Å². The van der Waals surface area contributed by atoms with Crippen LogP contribution in [0.3, 0.4) is 0 Å². The highest BCUT2D eigenvalue weighted by Gasteiger charge is 2.72. The molecule has 8 aromatic carbocycles. The number of halogens is 6. The topological polar surface area (TPSA) is 281 Å². The SMILES string of the molecule is C.C.C.C.C=C(C)C(=O)OCOc1ccc(CC(=O)Oc2ccc(C(c3ccc(OC(=O)Cc4ccc(OCOC(=O)C(=C)C)cc4C)cc3)(C(F)(F)F)C(F)(F)F)cc2)c(C)c1.C=C(C)C(=O)OCOc1ccc(CC(=O)Oc2ccc(S(=O)(=O)c3ccc(OC(=O)Cc4ccc(OCOC(=O)C(=C)C)cc4C)cc3)cc2)c(C)c1. The quantitative estimate of drug-likeness (QED) is 0.00945. The number of alkyl halides is 6. The van der Waals surface area contributed by atoms with Crippen LogP contribution < -0.4 is 37.9 Å². The van der Waals surface area contributed by atoms with Crippen molar-refractivity contribution in [3.63, 3.8) is 0 Å². The van der Waals surface area contributed by atoms with Gasteiger partial charge in [0.15, 0.2) is 0 Å². The molecule has 0 aliphatic heterocycles. The Labute approximate surface area is 670 Å². The Hall–Kier alpha value is -12.8. The van der Waals surface area contributed by atoms with Crippen molar-refractivity contribution in [2.45, 2.75) is 138 Å². The maximum Gasteiger partial charge on any atom is 0.411 e. The lowest BCUT2D eigenvalue weighted by molar-refractivity contribution is -0.288. The molecule has 0 aromatic heterocycles. The Morgan fingerprint density at radius 2 is 0.500 bits per heavy atom. The number of aryl methyl sites for hydroxylation is 4. The first kappa shape index (κ1) is 97.4. The molecule has 8 aromatic rings. The van der Waals surface area contributed by atoms with Crippen LogP contribution in [0.1, 0.15) is 113 Å². The van der Waals surface area contributed by atoms with Crippen molar-refractivity contribution in [2.75, 3.05) is 27.2 Å². The zero-order chi connectivity index (χ0) is 82.4. The molecule has 620 valence electrons. The normalized spacial score (nSPS) is 10.8. The van der Waals surface area contributed by atoms with Crippen LogP contribution in [0.25, 0.3) is 0 Å². The van der Waals surface area contributed by atoms with Crippen molar-refractivity contribution >= 4 is 57.6 Å². The Balaban J connectivity index is 0.000000583. The monoisotopic (exact) mass is 1630 g/mol. The molecule has 0 unspecified atom stereocenters. The third-order valence-corrected chi connectivity index (χ3v) is 18.1. The van der Waals surface area contributed by atoms with Crippen LogP contribution in [0, 0.1) is 27.7 Å². The van der Waals surface area contributed by atoms with E-state index in [2.05, 4.69) is 26.3 Å². The second kappa shape index (κ2) is 43.5. The molecular weight excluding hydrogens is 1540 g/mol. The van der Waals surface area contributed by atoms with Gasteiger partial charge in [-0.3, -0.25) is 19.2 Å². The van der Waals surface area contributed by atoms with Crippen molar-refractivity contribution in [3.8, 4) is 46.0 Å². The van der Waals surface area contributed by atoms with Crippen molar-refractivity contribution < 1.29 is 130 Å². The van der Waals surface area contributed by atoms with E-state index in [0.29, 0.717) is 80.6 Å². The van der Waals surface area contributed by atoms with Gasteiger partial charge >= 0.3 is 60.1 Å². The van der Waals surface area contributed by atoms with Crippen molar-refractivity contribution in [2.24, 2.45) is 0 Å². The van der Waals surface area contributed by atoms with Gasteiger partial charge in [0.25, 0.3) is 0 Å². The van der Waals surface area contributed by atoms with Crippen LogP contribution in [-0.2, 0) is 98.2 Å². The van der Waals surface area contributed by atoms with Crippen molar-refractivity contribution in [1.82, 2.24) is 0 Å². The van der Waals surface area contributed by atoms with E-state index in [1.807, 2.05) is 0 Å². The van der Waals surface area contributed by atoms with E-state index < -0.39 is 86.5 Å². The van der Waals surface area contributed by atoms with Crippen molar-refractivity contribution in [3.05, 3.63) is 274 Å². The second-order valence-electron chi connectivity index (χ2n) is 25.1. The summed E-state index contributed by atoms with van der Waals surface area (Å²) in [6.07, 6.45) is -12.5. The predicted molar refractivity (Wildman–Crippen MR) is 419 cm³/mol. The van der Waals surface area contributed by atoms with E-state index >= 15 is 0 Å². The molecular formula is C87H92F6O22S. The lowest BCUT2D eigenvalue weighted by Gasteiger charge is -2.38. The number of carbonyl (C=O) groups excluding carboxylic acids is 8. The first-order valence-corrected chi connectivity index (χ1v) is 35.0. The molecule has 0 saturated carbocycles. The molecule has 0 N–H and O–H groups in total. The van der Waals surface area contributed by atoms with Crippen LogP contribution in [0.2, 0.25) is 0 Å². The molecule has 0 atom stereocenters. The van der Waals surface area contributed by atoms with Gasteiger partial charge in [0.1, 0.15) is 46.0 Å². The van der Waals surface area contributed by atoms with E-state index in [1.54, 1.807) is 76.2 Å². The first-order chi connectivity index (χ1) is 52.7. The van der Waals surface area contributed by atoms with Gasteiger partial charge in [0, 0.05) is 22.3 Å². The summed E-state index contributed by atoms with van der Waals surface area (Å²) in [7, 11) is -3.95. The molecule has 8 rings (SSSR count). The van der Waals surface area contributed by atoms with Gasteiger partial charge in [-0.05, 0) is 232 Å². The fraction of sp³-hybridized carbons (Fsp3) is 0.264. The second-order valence-corrected chi connectivity index (χ2v) is 27.0. The minimum Gasteiger partial charge on any atom is -0.457 e. The predicted octanol–water partition coefficient (Wildman–Crippen LogP) is 17.8. The number of benzene rings is 8. The van der Waals surface area contributed by atoms with Gasteiger partial charge in [0.05, 0.1) is 35.5 Å². The minimum atomic E-state index is -5.92. The van der Waals surface area contributed by atoms with E-state index in [1.165, 1.54) is 100 Å². The number of ether oxygens (including phenoxy) is 12. The van der Waals surface area contributed by atoms with E-state index in [0.717, 1.165) is 35.4 Å².